The predicted octanol–water partition coefficient (Wildman–Crippen LogP) is 1.25. The number of rotatable bonds is 5. The van der Waals surface area contributed by atoms with Gasteiger partial charge in [0, 0.05) is 24.7 Å². The van der Waals surface area contributed by atoms with Crippen molar-refractivity contribution in [1.82, 2.24) is 30.5 Å². The maximum atomic E-state index is 13.4. The summed E-state index contributed by atoms with van der Waals surface area (Å²) in [5.74, 6) is -0.534. The first-order valence-electron chi connectivity index (χ1n) is 11.1. The largest absolute Gasteiger partial charge is 0.359 e. The molecule has 32 heavy (non-hydrogen) atoms. The van der Waals surface area contributed by atoms with Crippen molar-refractivity contribution in [2.45, 2.75) is 64.6 Å². The van der Waals surface area contributed by atoms with Crippen LogP contribution in [-0.4, -0.2) is 62.2 Å². The van der Waals surface area contributed by atoms with Gasteiger partial charge >= 0.3 is 0 Å². The lowest BCUT2D eigenvalue weighted by molar-refractivity contribution is -0.131. The number of carbonyl (C=O) groups is 3. The summed E-state index contributed by atoms with van der Waals surface area (Å²) in [4.78, 5) is 40.2. The SMILES string of the molecule is Cc1cnn(Cc2cc(C(=O)N3CC(NC(=O)C(C)C)C(=O)NC4(CCCC4)C3)no2)c1. The molecule has 1 spiro atoms. The van der Waals surface area contributed by atoms with E-state index < -0.39 is 11.6 Å². The molecule has 1 aliphatic heterocycles. The third-order valence-corrected chi connectivity index (χ3v) is 6.15. The summed E-state index contributed by atoms with van der Waals surface area (Å²) < 4.78 is 7.08. The highest BCUT2D eigenvalue weighted by atomic mass is 16.5. The molecule has 10 nitrogen and oxygen atoms in total. The fraction of sp³-hybridized carbons (Fsp3) is 0.591. The number of hydrogen-bond acceptors (Lipinski definition) is 6. The van der Waals surface area contributed by atoms with E-state index in [1.807, 2.05) is 13.1 Å². The second-order valence-electron chi connectivity index (χ2n) is 9.27. The smallest absolute Gasteiger partial charge is 0.276 e. The van der Waals surface area contributed by atoms with Crippen LogP contribution in [0.5, 0.6) is 0 Å². The Balaban J connectivity index is 1.54. The summed E-state index contributed by atoms with van der Waals surface area (Å²) in [7, 11) is 0. The van der Waals surface area contributed by atoms with Crippen LogP contribution in [-0.2, 0) is 16.1 Å². The van der Waals surface area contributed by atoms with E-state index in [2.05, 4.69) is 20.9 Å². The number of aryl methyl sites for hydroxylation is 1. The van der Waals surface area contributed by atoms with E-state index in [4.69, 9.17) is 4.52 Å². The summed E-state index contributed by atoms with van der Waals surface area (Å²) in [6, 6.07) is 0.801. The summed E-state index contributed by atoms with van der Waals surface area (Å²) >= 11 is 0. The lowest BCUT2D eigenvalue weighted by atomic mass is 9.97. The van der Waals surface area contributed by atoms with Crippen LogP contribution >= 0.6 is 0 Å². The van der Waals surface area contributed by atoms with Gasteiger partial charge in [-0.3, -0.25) is 19.1 Å². The molecule has 1 aliphatic carbocycles. The van der Waals surface area contributed by atoms with Gasteiger partial charge in [-0.05, 0) is 25.3 Å². The van der Waals surface area contributed by atoms with Crippen LogP contribution in [0.25, 0.3) is 0 Å². The molecule has 0 radical (unpaired) electrons. The summed E-state index contributed by atoms with van der Waals surface area (Å²) in [6.45, 7) is 6.32. The van der Waals surface area contributed by atoms with Crippen molar-refractivity contribution in [2.24, 2.45) is 5.92 Å². The Labute approximate surface area is 186 Å². The highest BCUT2D eigenvalue weighted by Gasteiger charge is 2.44. The molecule has 1 atom stereocenters. The van der Waals surface area contributed by atoms with Gasteiger partial charge in [0.05, 0.1) is 18.3 Å². The fourth-order valence-corrected chi connectivity index (χ4v) is 4.42. The molecular weight excluding hydrogens is 412 g/mol. The Morgan fingerprint density at radius 1 is 1.34 bits per heavy atom. The van der Waals surface area contributed by atoms with Gasteiger partial charge in [0.2, 0.25) is 11.8 Å². The van der Waals surface area contributed by atoms with Crippen LogP contribution in [0.4, 0.5) is 0 Å². The standard InChI is InChI=1S/C22H30N6O4/c1-14(2)19(29)24-18-12-27(13-22(25-20(18)30)6-4-5-7-22)21(31)17-8-16(32-26-17)11-28-10-15(3)9-23-28/h8-10,14,18H,4-7,11-13H2,1-3H3,(H,24,29)(H,25,30). The van der Waals surface area contributed by atoms with E-state index in [0.29, 0.717) is 18.8 Å². The quantitative estimate of drug-likeness (QED) is 0.719. The zero-order chi connectivity index (χ0) is 22.9. The molecular formula is C22H30N6O4. The highest BCUT2D eigenvalue weighted by Crippen LogP contribution is 2.32. The molecule has 2 N–H and O–H groups in total. The van der Waals surface area contributed by atoms with Gasteiger partial charge < -0.3 is 20.1 Å². The first-order valence-corrected chi connectivity index (χ1v) is 11.1. The molecule has 1 saturated heterocycles. The Morgan fingerprint density at radius 3 is 2.75 bits per heavy atom. The molecule has 172 valence electrons. The van der Waals surface area contributed by atoms with E-state index in [0.717, 1.165) is 31.2 Å². The van der Waals surface area contributed by atoms with Crippen molar-refractivity contribution in [2.75, 3.05) is 13.1 Å². The summed E-state index contributed by atoms with van der Waals surface area (Å²) in [5.41, 5.74) is 0.739. The van der Waals surface area contributed by atoms with Crippen molar-refractivity contribution >= 4 is 17.7 Å². The Bertz CT molecular complexity index is 1000. The lowest BCUT2D eigenvalue weighted by Gasteiger charge is -2.32. The van der Waals surface area contributed by atoms with Crippen LogP contribution in [0, 0.1) is 12.8 Å². The molecule has 10 heteroatoms. The van der Waals surface area contributed by atoms with Crippen LogP contribution in [0.2, 0.25) is 0 Å². The predicted molar refractivity (Wildman–Crippen MR) is 115 cm³/mol. The monoisotopic (exact) mass is 442 g/mol. The summed E-state index contributed by atoms with van der Waals surface area (Å²) in [6.07, 6.45) is 7.20. The molecule has 3 amide bonds. The van der Waals surface area contributed by atoms with Gasteiger partial charge in [0.1, 0.15) is 12.6 Å². The molecule has 2 aromatic heterocycles. The van der Waals surface area contributed by atoms with Crippen molar-refractivity contribution in [3.63, 3.8) is 0 Å². The molecule has 1 unspecified atom stereocenters. The maximum absolute atomic E-state index is 13.4. The van der Waals surface area contributed by atoms with Gasteiger partial charge in [-0.1, -0.05) is 31.8 Å². The molecule has 4 rings (SSSR count). The molecule has 2 aromatic rings. The van der Waals surface area contributed by atoms with Crippen molar-refractivity contribution < 1.29 is 18.9 Å². The Hall–Kier alpha value is -3.17. The van der Waals surface area contributed by atoms with Crippen LogP contribution in [0.15, 0.2) is 23.0 Å². The van der Waals surface area contributed by atoms with E-state index in [9.17, 15) is 14.4 Å². The third-order valence-electron chi connectivity index (χ3n) is 6.15. The van der Waals surface area contributed by atoms with Gasteiger partial charge in [0.25, 0.3) is 5.91 Å². The second kappa shape index (κ2) is 8.76. The maximum Gasteiger partial charge on any atom is 0.276 e. The Kier molecular flexibility index (Phi) is 6.03. The highest BCUT2D eigenvalue weighted by molar-refractivity contribution is 5.94. The zero-order valence-electron chi connectivity index (χ0n) is 18.8. The Morgan fingerprint density at radius 2 is 2.09 bits per heavy atom. The fourth-order valence-electron chi connectivity index (χ4n) is 4.42. The van der Waals surface area contributed by atoms with Crippen molar-refractivity contribution in [3.8, 4) is 0 Å². The van der Waals surface area contributed by atoms with Crippen molar-refractivity contribution in [1.29, 1.82) is 0 Å². The normalized spacial score (nSPS) is 20.4. The van der Waals surface area contributed by atoms with Crippen LogP contribution < -0.4 is 10.6 Å². The van der Waals surface area contributed by atoms with Crippen molar-refractivity contribution in [3.05, 3.63) is 35.5 Å². The first-order chi connectivity index (χ1) is 15.2. The van der Waals surface area contributed by atoms with E-state index in [1.54, 1.807) is 35.7 Å². The van der Waals surface area contributed by atoms with Gasteiger partial charge in [-0.25, -0.2) is 0 Å². The number of hydrogen-bond donors (Lipinski definition) is 2. The van der Waals surface area contributed by atoms with E-state index in [-0.39, 0.29) is 35.9 Å². The van der Waals surface area contributed by atoms with E-state index in [1.165, 1.54) is 0 Å². The average molecular weight is 443 g/mol. The lowest BCUT2D eigenvalue weighted by Crippen LogP contribution is -2.54. The van der Waals surface area contributed by atoms with Crippen LogP contribution in [0.1, 0.15) is 61.3 Å². The van der Waals surface area contributed by atoms with Gasteiger partial charge in [0.15, 0.2) is 11.5 Å². The third kappa shape index (κ3) is 4.68. The average Bonchev–Trinajstić information content (AvgIpc) is 3.46. The minimum absolute atomic E-state index is 0.0887. The molecule has 0 aromatic carbocycles. The van der Waals surface area contributed by atoms with Gasteiger partial charge in [-0.2, -0.15) is 5.10 Å². The molecule has 1 saturated carbocycles. The minimum atomic E-state index is -0.813. The number of aromatic nitrogens is 3. The molecule has 0 bridgehead atoms. The molecule has 2 fully saturated rings. The summed E-state index contributed by atoms with van der Waals surface area (Å²) in [5, 5.41) is 14.1. The number of carbonyl (C=O) groups excluding carboxylic acids is 3. The van der Waals surface area contributed by atoms with E-state index >= 15 is 0 Å². The number of nitrogens with zero attached hydrogens (tertiary/aromatic N) is 4. The zero-order valence-corrected chi connectivity index (χ0v) is 18.8. The molecule has 2 aliphatic rings. The van der Waals surface area contributed by atoms with Crippen LogP contribution in [0.3, 0.4) is 0 Å². The second-order valence-corrected chi connectivity index (χ2v) is 9.27. The minimum Gasteiger partial charge on any atom is -0.359 e. The molecule has 3 heterocycles. The first kappa shape index (κ1) is 22.0. The van der Waals surface area contributed by atoms with Gasteiger partial charge in [-0.15, -0.1) is 0 Å². The number of nitrogens with one attached hydrogen (secondary N) is 2. The number of amides is 3. The topological polar surface area (TPSA) is 122 Å².